The van der Waals surface area contributed by atoms with Crippen LogP contribution in [0.1, 0.15) is 21.6 Å². The smallest absolute Gasteiger partial charge is 0.271 e. The highest BCUT2D eigenvalue weighted by Crippen LogP contribution is 2.19. The number of nitrogens with zero attached hydrogens (tertiary/aromatic N) is 2. The van der Waals surface area contributed by atoms with Crippen LogP contribution >= 0.6 is 0 Å². The molecule has 0 saturated heterocycles. The minimum Gasteiger partial charge on any atom is -0.361 e. The topological polar surface area (TPSA) is 70.7 Å². The largest absolute Gasteiger partial charge is 0.361 e. The SMILES string of the molecule is Cc1ccc2c(CCNC(=O)c3cnccn3)c[nH]c2c1. The highest BCUT2D eigenvalue weighted by atomic mass is 16.1. The Morgan fingerprint density at radius 1 is 1.33 bits per heavy atom. The monoisotopic (exact) mass is 280 g/mol. The van der Waals surface area contributed by atoms with E-state index in [9.17, 15) is 4.79 Å². The zero-order valence-electron chi connectivity index (χ0n) is 11.8. The second-order valence-corrected chi connectivity index (χ2v) is 4.96. The maximum atomic E-state index is 11.9. The van der Waals surface area contributed by atoms with E-state index in [1.165, 1.54) is 28.9 Å². The van der Waals surface area contributed by atoms with Crippen LogP contribution < -0.4 is 5.32 Å². The molecule has 0 unspecified atom stereocenters. The number of hydrogen-bond donors (Lipinski definition) is 2. The molecule has 0 atom stereocenters. The number of aromatic amines is 1. The minimum atomic E-state index is -0.196. The van der Waals surface area contributed by atoms with Crippen molar-refractivity contribution in [2.75, 3.05) is 6.54 Å². The fourth-order valence-corrected chi connectivity index (χ4v) is 2.32. The molecule has 2 aromatic heterocycles. The molecule has 2 N–H and O–H groups in total. The van der Waals surface area contributed by atoms with Gasteiger partial charge in [0.15, 0.2) is 0 Å². The van der Waals surface area contributed by atoms with Crippen LogP contribution in [0.25, 0.3) is 10.9 Å². The van der Waals surface area contributed by atoms with E-state index in [1.807, 2.05) is 6.20 Å². The number of aryl methyl sites for hydroxylation is 1. The van der Waals surface area contributed by atoms with E-state index >= 15 is 0 Å². The van der Waals surface area contributed by atoms with Crippen LogP contribution in [0.5, 0.6) is 0 Å². The predicted molar refractivity (Wildman–Crippen MR) is 81.1 cm³/mol. The summed E-state index contributed by atoms with van der Waals surface area (Å²) in [6, 6.07) is 6.33. The van der Waals surface area contributed by atoms with Crippen molar-refractivity contribution in [3.63, 3.8) is 0 Å². The number of carbonyl (C=O) groups is 1. The van der Waals surface area contributed by atoms with Crippen LogP contribution in [-0.4, -0.2) is 27.4 Å². The number of benzene rings is 1. The normalized spacial score (nSPS) is 10.7. The summed E-state index contributed by atoms with van der Waals surface area (Å²) >= 11 is 0. The molecule has 5 heteroatoms. The molecule has 0 aliphatic rings. The molecule has 3 aromatic rings. The van der Waals surface area contributed by atoms with E-state index in [0.717, 1.165) is 11.9 Å². The van der Waals surface area contributed by atoms with Crippen LogP contribution in [0.3, 0.4) is 0 Å². The molecule has 3 rings (SSSR count). The van der Waals surface area contributed by atoms with E-state index in [2.05, 4.69) is 45.4 Å². The summed E-state index contributed by atoms with van der Waals surface area (Å²) in [5.74, 6) is -0.196. The Bertz CT molecular complexity index is 764. The van der Waals surface area contributed by atoms with Gasteiger partial charge in [0.05, 0.1) is 6.20 Å². The van der Waals surface area contributed by atoms with E-state index < -0.39 is 0 Å². The fraction of sp³-hybridized carbons (Fsp3) is 0.188. The van der Waals surface area contributed by atoms with Gasteiger partial charge in [0.25, 0.3) is 5.91 Å². The molecule has 0 saturated carbocycles. The second kappa shape index (κ2) is 5.75. The van der Waals surface area contributed by atoms with Crippen molar-refractivity contribution in [3.05, 3.63) is 59.8 Å². The van der Waals surface area contributed by atoms with Gasteiger partial charge in [-0.25, -0.2) is 4.98 Å². The first-order valence-electron chi connectivity index (χ1n) is 6.85. The summed E-state index contributed by atoms with van der Waals surface area (Å²) in [4.78, 5) is 23.0. The van der Waals surface area contributed by atoms with Crippen LogP contribution in [-0.2, 0) is 6.42 Å². The first kappa shape index (κ1) is 13.3. The van der Waals surface area contributed by atoms with Gasteiger partial charge in [0, 0.05) is 36.0 Å². The summed E-state index contributed by atoms with van der Waals surface area (Å²) in [5, 5.41) is 4.06. The van der Waals surface area contributed by atoms with Gasteiger partial charge >= 0.3 is 0 Å². The van der Waals surface area contributed by atoms with Crippen LogP contribution in [0, 0.1) is 6.92 Å². The third-order valence-electron chi connectivity index (χ3n) is 3.40. The number of carbonyl (C=O) groups excluding carboxylic acids is 1. The predicted octanol–water partition coefficient (Wildman–Crippen LogP) is 2.24. The number of hydrogen-bond acceptors (Lipinski definition) is 3. The first-order chi connectivity index (χ1) is 10.2. The summed E-state index contributed by atoms with van der Waals surface area (Å²) in [7, 11) is 0. The van der Waals surface area contributed by atoms with Gasteiger partial charge in [-0.1, -0.05) is 12.1 Å². The summed E-state index contributed by atoms with van der Waals surface area (Å²) in [5.41, 5.74) is 3.90. The minimum absolute atomic E-state index is 0.196. The lowest BCUT2D eigenvalue weighted by Crippen LogP contribution is -2.26. The van der Waals surface area contributed by atoms with Gasteiger partial charge in [-0.2, -0.15) is 0 Å². The van der Waals surface area contributed by atoms with Gasteiger partial charge in [-0.15, -0.1) is 0 Å². The average Bonchev–Trinajstić information content (AvgIpc) is 2.90. The van der Waals surface area contributed by atoms with Crippen molar-refractivity contribution in [1.82, 2.24) is 20.3 Å². The molecular formula is C16H16N4O. The molecule has 0 radical (unpaired) electrons. The van der Waals surface area contributed by atoms with Crippen molar-refractivity contribution in [3.8, 4) is 0 Å². The molecule has 0 fully saturated rings. The first-order valence-corrected chi connectivity index (χ1v) is 6.85. The Balaban J connectivity index is 1.63. The van der Waals surface area contributed by atoms with E-state index in [1.54, 1.807) is 6.20 Å². The van der Waals surface area contributed by atoms with Crippen molar-refractivity contribution >= 4 is 16.8 Å². The molecule has 106 valence electrons. The van der Waals surface area contributed by atoms with Crippen molar-refractivity contribution < 1.29 is 4.79 Å². The number of H-pyrrole nitrogens is 1. The van der Waals surface area contributed by atoms with Crippen molar-refractivity contribution in [2.45, 2.75) is 13.3 Å². The lowest BCUT2D eigenvalue weighted by atomic mass is 10.1. The number of amides is 1. The van der Waals surface area contributed by atoms with E-state index in [-0.39, 0.29) is 5.91 Å². The van der Waals surface area contributed by atoms with Crippen LogP contribution in [0.15, 0.2) is 43.0 Å². The highest BCUT2D eigenvalue weighted by molar-refractivity contribution is 5.91. The molecule has 0 spiro atoms. The molecule has 1 aromatic carbocycles. The highest BCUT2D eigenvalue weighted by Gasteiger charge is 2.07. The standard InChI is InChI=1S/C16H16N4O/c1-11-2-3-13-12(9-20-14(13)8-11)4-5-19-16(21)15-10-17-6-7-18-15/h2-3,6-10,20H,4-5H2,1H3,(H,19,21). The number of fused-ring (bicyclic) bond motifs is 1. The second-order valence-electron chi connectivity index (χ2n) is 4.96. The quantitative estimate of drug-likeness (QED) is 0.770. The lowest BCUT2D eigenvalue weighted by molar-refractivity contribution is 0.0949. The van der Waals surface area contributed by atoms with Crippen molar-refractivity contribution in [2.24, 2.45) is 0 Å². The van der Waals surface area contributed by atoms with Gasteiger partial charge in [0.2, 0.25) is 0 Å². The van der Waals surface area contributed by atoms with Gasteiger partial charge < -0.3 is 10.3 Å². The number of aromatic nitrogens is 3. The maximum Gasteiger partial charge on any atom is 0.271 e. The molecule has 0 aliphatic carbocycles. The molecule has 2 heterocycles. The summed E-state index contributed by atoms with van der Waals surface area (Å²) < 4.78 is 0. The molecular weight excluding hydrogens is 264 g/mol. The molecule has 0 bridgehead atoms. The Labute approximate surface area is 122 Å². The van der Waals surface area contributed by atoms with Crippen molar-refractivity contribution in [1.29, 1.82) is 0 Å². The molecule has 21 heavy (non-hydrogen) atoms. The Morgan fingerprint density at radius 2 is 2.24 bits per heavy atom. The van der Waals surface area contributed by atoms with Gasteiger partial charge in [0.1, 0.15) is 5.69 Å². The van der Waals surface area contributed by atoms with E-state index in [4.69, 9.17) is 0 Å². The zero-order valence-corrected chi connectivity index (χ0v) is 11.8. The molecule has 0 aliphatic heterocycles. The summed E-state index contributed by atoms with van der Waals surface area (Å²) in [6.45, 7) is 2.64. The van der Waals surface area contributed by atoms with Crippen LogP contribution in [0.4, 0.5) is 0 Å². The lowest BCUT2D eigenvalue weighted by Gasteiger charge is -2.04. The molecule has 1 amide bonds. The average molecular weight is 280 g/mol. The Kier molecular flexibility index (Phi) is 3.64. The van der Waals surface area contributed by atoms with E-state index in [0.29, 0.717) is 12.2 Å². The third kappa shape index (κ3) is 2.91. The molecule has 5 nitrogen and oxygen atoms in total. The zero-order chi connectivity index (χ0) is 14.7. The fourth-order valence-electron chi connectivity index (χ4n) is 2.32. The van der Waals surface area contributed by atoms with Crippen LogP contribution in [0.2, 0.25) is 0 Å². The third-order valence-corrected chi connectivity index (χ3v) is 3.40. The van der Waals surface area contributed by atoms with Gasteiger partial charge in [-0.05, 0) is 30.5 Å². The van der Waals surface area contributed by atoms with Gasteiger partial charge in [-0.3, -0.25) is 9.78 Å². The number of nitrogens with one attached hydrogen (secondary N) is 2. The Morgan fingerprint density at radius 3 is 3.05 bits per heavy atom. The number of rotatable bonds is 4. The summed E-state index contributed by atoms with van der Waals surface area (Å²) in [6.07, 6.45) is 7.29. The maximum absolute atomic E-state index is 11.9. The Hall–Kier alpha value is -2.69.